The lowest BCUT2D eigenvalue weighted by atomic mass is 10.2. The van der Waals surface area contributed by atoms with Crippen molar-refractivity contribution in [3.8, 4) is 5.75 Å². The summed E-state index contributed by atoms with van der Waals surface area (Å²) >= 11 is 8.64. The maximum absolute atomic E-state index is 12.9. The molecule has 178 valence electrons. The van der Waals surface area contributed by atoms with E-state index in [1.54, 1.807) is 30.3 Å². The molecule has 0 spiro atoms. The molecule has 0 aromatic heterocycles. The van der Waals surface area contributed by atoms with E-state index in [0.717, 1.165) is 4.47 Å². The number of rotatable bonds is 6. The Labute approximate surface area is 208 Å². The lowest BCUT2D eigenvalue weighted by molar-refractivity contribution is 0.0972. The zero-order chi connectivity index (χ0) is 24.2. The molecule has 0 aliphatic carbocycles. The van der Waals surface area contributed by atoms with Crippen molar-refractivity contribution in [1.82, 2.24) is 14.5 Å². The number of nitrogens with one attached hydrogen (secondary N) is 2. The predicted octanol–water partition coefficient (Wildman–Crippen LogP) is 3.30. The fourth-order valence-electron chi connectivity index (χ4n) is 3.26. The molecule has 1 saturated heterocycles. The summed E-state index contributed by atoms with van der Waals surface area (Å²) in [6.07, 6.45) is -0.0940. The standard InChI is InChI=1S/C22H27BrN4O4S2/c1-15(2)31-20-9-4-16(23)14-19(20)21(28)25-22(32)24-17-5-7-18(8-6-17)33(29,30)27-12-10-26(3)11-13-27/h4-9,14-15H,10-13H2,1-3H3,(H2,24,25,28,32). The summed E-state index contributed by atoms with van der Waals surface area (Å²) in [5.41, 5.74) is 0.904. The molecular formula is C22H27BrN4O4S2. The zero-order valence-electron chi connectivity index (χ0n) is 18.7. The van der Waals surface area contributed by atoms with Gasteiger partial charge >= 0.3 is 0 Å². The van der Waals surface area contributed by atoms with Crippen molar-refractivity contribution in [2.45, 2.75) is 24.8 Å². The Hall–Kier alpha value is -2.05. The quantitative estimate of drug-likeness (QED) is 0.529. The van der Waals surface area contributed by atoms with Crippen LogP contribution in [0.15, 0.2) is 51.8 Å². The van der Waals surface area contributed by atoms with Gasteiger partial charge in [0.2, 0.25) is 10.0 Å². The topological polar surface area (TPSA) is 91.0 Å². The van der Waals surface area contributed by atoms with Crippen molar-refractivity contribution >= 4 is 54.9 Å². The Bertz CT molecular complexity index is 1120. The first-order chi connectivity index (χ1) is 15.6. The van der Waals surface area contributed by atoms with E-state index in [2.05, 4.69) is 31.5 Å². The number of hydrogen-bond acceptors (Lipinski definition) is 6. The van der Waals surface area contributed by atoms with E-state index in [1.165, 1.54) is 16.4 Å². The van der Waals surface area contributed by atoms with E-state index < -0.39 is 15.9 Å². The number of piperazine rings is 1. The Morgan fingerprint density at radius 3 is 2.33 bits per heavy atom. The van der Waals surface area contributed by atoms with E-state index in [-0.39, 0.29) is 16.1 Å². The lowest BCUT2D eigenvalue weighted by Gasteiger charge is -2.31. The van der Waals surface area contributed by atoms with Gasteiger partial charge in [0.25, 0.3) is 5.91 Å². The molecule has 0 bridgehead atoms. The molecule has 1 aliphatic rings. The second-order valence-corrected chi connectivity index (χ2v) is 11.2. The van der Waals surface area contributed by atoms with E-state index in [0.29, 0.717) is 43.2 Å². The lowest BCUT2D eigenvalue weighted by Crippen LogP contribution is -2.46. The molecule has 33 heavy (non-hydrogen) atoms. The van der Waals surface area contributed by atoms with Crippen molar-refractivity contribution < 1.29 is 17.9 Å². The molecule has 0 atom stereocenters. The molecule has 0 unspecified atom stereocenters. The van der Waals surface area contributed by atoms with Crippen LogP contribution < -0.4 is 15.4 Å². The maximum Gasteiger partial charge on any atom is 0.261 e. The van der Waals surface area contributed by atoms with E-state index >= 15 is 0 Å². The van der Waals surface area contributed by atoms with Crippen LogP contribution in [0.25, 0.3) is 0 Å². The highest BCUT2D eigenvalue weighted by molar-refractivity contribution is 9.10. The first-order valence-electron chi connectivity index (χ1n) is 10.4. The highest BCUT2D eigenvalue weighted by Gasteiger charge is 2.27. The third kappa shape index (κ3) is 6.73. The number of sulfonamides is 1. The average molecular weight is 556 g/mol. The summed E-state index contributed by atoms with van der Waals surface area (Å²) in [6, 6.07) is 11.5. The number of nitrogens with zero attached hydrogens (tertiary/aromatic N) is 2. The van der Waals surface area contributed by atoms with Crippen LogP contribution in [0.3, 0.4) is 0 Å². The third-order valence-electron chi connectivity index (χ3n) is 4.99. The summed E-state index contributed by atoms with van der Waals surface area (Å²) in [4.78, 5) is 15.1. The largest absolute Gasteiger partial charge is 0.490 e. The number of thiocarbonyl (C=S) groups is 1. The van der Waals surface area contributed by atoms with Gasteiger partial charge in [-0.2, -0.15) is 4.31 Å². The average Bonchev–Trinajstić information content (AvgIpc) is 2.75. The number of amides is 1. The molecule has 1 amide bonds. The second kappa shape index (κ2) is 10.9. The summed E-state index contributed by atoms with van der Waals surface area (Å²) in [7, 11) is -1.57. The van der Waals surface area contributed by atoms with Gasteiger partial charge in [-0.05, 0) is 75.6 Å². The number of anilines is 1. The minimum atomic E-state index is -3.55. The number of halogens is 1. The Kier molecular flexibility index (Phi) is 8.46. The summed E-state index contributed by atoms with van der Waals surface area (Å²) in [5, 5.41) is 5.64. The Morgan fingerprint density at radius 1 is 1.09 bits per heavy atom. The SMILES string of the molecule is CC(C)Oc1ccc(Br)cc1C(=O)NC(=S)Nc1ccc(S(=O)(=O)N2CCN(C)CC2)cc1. The van der Waals surface area contributed by atoms with Crippen LogP contribution in [0.2, 0.25) is 0 Å². The molecule has 3 rings (SSSR count). The molecule has 1 fully saturated rings. The molecular weight excluding hydrogens is 528 g/mol. The molecule has 11 heteroatoms. The molecule has 1 aliphatic heterocycles. The van der Waals surface area contributed by atoms with Crippen molar-refractivity contribution in [2.24, 2.45) is 0 Å². The van der Waals surface area contributed by atoms with Gasteiger partial charge in [0.05, 0.1) is 16.6 Å². The molecule has 1 heterocycles. The van der Waals surface area contributed by atoms with E-state index in [4.69, 9.17) is 17.0 Å². The molecule has 2 aromatic rings. The number of carbonyl (C=O) groups excluding carboxylic acids is 1. The highest BCUT2D eigenvalue weighted by atomic mass is 79.9. The minimum Gasteiger partial charge on any atom is -0.490 e. The first-order valence-corrected chi connectivity index (χ1v) is 13.1. The van der Waals surface area contributed by atoms with Crippen LogP contribution in [0.4, 0.5) is 5.69 Å². The minimum absolute atomic E-state index is 0.0881. The summed E-state index contributed by atoms with van der Waals surface area (Å²) in [5.74, 6) is 0.0330. The summed E-state index contributed by atoms with van der Waals surface area (Å²) < 4.78 is 33.7. The van der Waals surface area contributed by atoms with E-state index in [9.17, 15) is 13.2 Å². The smallest absolute Gasteiger partial charge is 0.261 e. The zero-order valence-corrected chi connectivity index (χ0v) is 21.9. The van der Waals surface area contributed by atoms with Gasteiger partial charge in [0.15, 0.2) is 5.11 Å². The van der Waals surface area contributed by atoms with E-state index in [1.807, 2.05) is 20.9 Å². The highest BCUT2D eigenvalue weighted by Crippen LogP contribution is 2.24. The van der Waals surface area contributed by atoms with Crippen LogP contribution in [0.5, 0.6) is 5.75 Å². The number of carbonyl (C=O) groups is 1. The number of benzene rings is 2. The van der Waals surface area contributed by atoms with Gasteiger partial charge in [0.1, 0.15) is 5.75 Å². The van der Waals surface area contributed by atoms with Crippen LogP contribution in [-0.2, 0) is 10.0 Å². The number of likely N-dealkylation sites (N-methyl/N-ethyl adjacent to an activating group) is 1. The monoisotopic (exact) mass is 554 g/mol. The molecule has 2 N–H and O–H groups in total. The van der Waals surface area contributed by atoms with Gasteiger partial charge in [-0.15, -0.1) is 0 Å². The molecule has 0 radical (unpaired) electrons. The maximum atomic E-state index is 12.9. The second-order valence-electron chi connectivity index (χ2n) is 7.95. The van der Waals surface area contributed by atoms with Crippen molar-refractivity contribution in [2.75, 3.05) is 38.5 Å². The molecule has 2 aromatic carbocycles. The molecule has 0 saturated carbocycles. The van der Waals surface area contributed by atoms with Crippen LogP contribution in [0, 0.1) is 0 Å². The van der Waals surface area contributed by atoms with Gasteiger partial charge in [-0.25, -0.2) is 8.42 Å². The Morgan fingerprint density at radius 2 is 1.73 bits per heavy atom. The summed E-state index contributed by atoms with van der Waals surface area (Å²) in [6.45, 7) is 6.09. The molecule has 8 nitrogen and oxygen atoms in total. The first kappa shape index (κ1) is 25.6. The number of ether oxygens (including phenoxy) is 1. The number of hydrogen-bond donors (Lipinski definition) is 2. The van der Waals surface area contributed by atoms with Crippen LogP contribution in [0.1, 0.15) is 24.2 Å². The van der Waals surface area contributed by atoms with Crippen molar-refractivity contribution in [1.29, 1.82) is 0 Å². The predicted molar refractivity (Wildman–Crippen MR) is 136 cm³/mol. The van der Waals surface area contributed by atoms with Gasteiger partial charge in [-0.1, -0.05) is 15.9 Å². The van der Waals surface area contributed by atoms with Crippen LogP contribution >= 0.6 is 28.1 Å². The third-order valence-corrected chi connectivity index (χ3v) is 7.60. The fraction of sp³-hybridized carbons (Fsp3) is 0.364. The van der Waals surface area contributed by atoms with Gasteiger partial charge in [-0.3, -0.25) is 10.1 Å². The van der Waals surface area contributed by atoms with Crippen molar-refractivity contribution in [3.05, 3.63) is 52.5 Å². The van der Waals surface area contributed by atoms with Crippen LogP contribution in [-0.4, -0.2) is 68.0 Å². The normalized spacial score (nSPS) is 15.3. The fourth-order valence-corrected chi connectivity index (χ4v) is 5.25. The Balaban J connectivity index is 1.64. The van der Waals surface area contributed by atoms with Gasteiger partial charge < -0.3 is 15.0 Å². The van der Waals surface area contributed by atoms with Crippen molar-refractivity contribution in [3.63, 3.8) is 0 Å². The van der Waals surface area contributed by atoms with Gasteiger partial charge in [0, 0.05) is 36.3 Å².